The normalized spacial score (nSPS) is 12.8. The molecule has 0 aliphatic rings. The molecule has 0 radical (unpaired) electrons. The number of anilines is 1. The van der Waals surface area contributed by atoms with E-state index in [1.54, 1.807) is 34.8 Å². The molecule has 1 atom stereocenters. The standard InChI is InChI=1S/C27H37N5O4S/c1-9-19(30-24(33)35-26(3,4)5)14-21-17(2)22-23(37-21)20(15-29-31-22)32(25(34)36-27(6,7)8)16-18-10-12-28-13-11-18/h10-13,15,19H,9,14,16H2,1-8H3,(H,30,33)/t19-/m0/s1. The molecular formula is C27H37N5O4S. The van der Waals surface area contributed by atoms with Crippen LogP contribution in [0.3, 0.4) is 0 Å². The van der Waals surface area contributed by atoms with Gasteiger partial charge in [0.15, 0.2) is 0 Å². The molecule has 0 aliphatic heterocycles. The molecule has 3 aromatic heterocycles. The zero-order valence-corrected chi connectivity index (χ0v) is 23.7. The SMILES string of the molecule is CC[C@@H](Cc1sc2c(N(Cc3ccncc3)C(=O)OC(C)(C)C)cnnc2c1C)NC(=O)OC(C)(C)C. The van der Waals surface area contributed by atoms with Gasteiger partial charge in [0.2, 0.25) is 0 Å². The van der Waals surface area contributed by atoms with Crippen molar-refractivity contribution in [1.29, 1.82) is 0 Å². The van der Waals surface area contributed by atoms with Gasteiger partial charge in [0.05, 0.1) is 23.1 Å². The number of nitrogens with one attached hydrogen (secondary N) is 1. The summed E-state index contributed by atoms with van der Waals surface area (Å²) in [5.41, 5.74) is 2.02. The molecule has 3 rings (SSSR count). The van der Waals surface area contributed by atoms with Gasteiger partial charge in [-0.1, -0.05) is 6.92 Å². The van der Waals surface area contributed by atoms with Gasteiger partial charge in [-0.15, -0.1) is 16.4 Å². The van der Waals surface area contributed by atoms with Crippen molar-refractivity contribution in [3.05, 3.63) is 46.7 Å². The highest BCUT2D eigenvalue weighted by atomic mass is 32.1. The molecule has 0 aliphatic carbocycles. The summed E-state index contributed by atoms with van der Waals surface area (Å²) < 4.78 is 12.0. The quantitative estimate of drug-likeness (QED) is 0.391. The monoisotopic (exact) mass is 527 g/mol. The van der Waals surface area contributed by atoms with Crippen LogP contribution in [-0.4, -0.2) is 44.6 Å². The second-order valence-corrected chi connectivity index (χ2v) is 12.0. The molecule has 0 unspecified atom stereocenters. The van der Waals surface area contributed by atoms with Crippen molar-refractivity contribution in [2.45, 2.75) is 92.0 Å². The Labute approximate surface area is 222 Å². The third-order valence-electron chi connectivity index (χ3n) is 5.42. The van der Waals surface area contributed by atoms with Crippen molar-refractivity contribution in [2.75, 3.05) is 4.90 Å². The van der Waals surface area contributed by atoms with Crippen molar-refractivity contribution < 1.29 is 19.1 Å². The van der Waals surface area contributed by atoms with Crippen LogP contribution in [0.5, 0.6) is 0 Å². The fraction of sp³-hybridized carbons (Fsp3) is 0.519. The Morgan fingerprint density at radius 3 is 2.32 bits per heavy atom. The molecule has 3 heterocycles. The Hall–Kier alpha value is -3.27. The Bertz CT molecular complexity index is 1230. The molecular weight excluding hydrogens is 490 g/mol. The molecule has 200 valence electrons. The summed E-state index contributed by atoms with van der Waals surface area (Å²) in [6.07, 6.45) is 5.42. The maximum absolute atomic E-state index is 13.3. The van der Waals surface area contributed by atoms with E-state index in [-0.39, 0.29) is 6.04 Å². The number of carbonyl (C=O) groups is 2. The van der Waals surface area contributed by atoms with E-state index in [1.807, 2.05) is 67.5 Å². The number of alkyl carbamates (subject to hydrolysis) is 1. The molecule has 0 saturated carbocycles. The first-order chi connectivity index (χ1) is 17.3. The summed E-state index contributed by atoms with van der Waals surface area (Å²) in [4.78, 5) is 32.4. The number of hydrogen-bond acceptors (Lipinski definition) is 8. The van der Waals surface area contributed by atoms with Crippen LogP contribution in [0.15, 0.2) is 30.7 Å². The summed E-state index contributed by atoms with van der Waals surface area (Å²) in [5, 5.41) is 11.6. The average Bonchev–Trinajstić information content (AvgIpc) is 3.10. The number of amides is 2. The number of ether oxygens (including phenoxy) is 2. The topological polar surface area (TPSA) is 107 Å². The Morgan fingerprint density at radius 2 is 1.73 bits per heavy atom. The van der Waals surface area contributed by atoms with E-state index in [2.05, 4.69) is 20.5 Å². The first kappa shape index (κ1) is 28.3. The molecule has 0 spiro atoms. The molecule has 0 bridgehead atoms. The first-order valence-corrected chi connectivity index (χ1v) is 13.2. The van der Waals surface area contributed by atoms with Crippen molar-refractivity contribution in [3.63, 3.8) is 0 Å². The molecule has 3 aromatic rings. The summed E-state index contributed by atoms with van der Waals surface area (Å²) in [7, 11) is 0. The predicted molar refractivity (Wildman–Crippen MR) is 146 cm³/mol. The number of aromatic nitrogens is 3. The Kier molecular flexibility index (Phi) is 8.73. The van der Waals surface area contributed by atoms with E-state index < -0.39 is 23.4 Å². The maximum Gasteiger partial charge on any atom is 0.415 e. The van der Waals surface area contributed by atoms with Gasteiger partial charge in [-0.3, -0.25) is 9.88 Å². The highest BCUT2D eigenvalue weighted by Gasteiger charge is 2.28. The van der Waals surface area contributed by atoms with Crippen molar-refractivity contribution in [2.24, 2.45) is 0 Å². The van der Waals surface area contributed by atoms with Gasteiger partial charge in [-0.05, 0) is 78.1 Å². The minimum atomic E-state index is -0.661. The minimum Gasteiger partial charge on any atom is -0.444 e. The lowest BCUT2D eigenvalue weighted by molar-refractivity contribution is 0.0501. The summed E-state index contributed by atoms with van der Waals surface area (Å²) in [5.74, 6) is 0. The van der Waals surface area contributed by atoms with E-state index in [4.69, 9.17) is 9.47 Å². The van der Waals surface area contributed by atoms with Gasteiger partial charge in [0.25, 0.3) is 0 Å². The lowest BCUT2D eigenvalue weighted by Crippen LogP contribution is -2.39. The summed E-state index contributed by atoms with van der Waals surface area (Å²) in [6, 6.07) is 3.61. The van der Waals surface area contributed by atoms with Crippen LogP contribution in [0, 0.1) is 6.92 Å². The van der Waals surface area contributed by atoms with Crippen LogP contribution in [0.2, 0.25) is 0 Å². The smallest absolute Gasteiger partial charge is 0.415 e. The largest absolute Gasteiger partial charge is 0.444 e. The maximum atomic E-state index is 13.3. The number of fused-ring (bicyclic) bond motifs is 1. The van der Waals surface area contributed by atoms with Gasteiger partial charge in [-0.2, -0.15) is 5.10 Å². The fourth-order valence-electron chi connectivity index (χ4n) is 3.66. The molecule has 0 aromatic carbocycles. The minimum absolute atomic E-state index is 0.114. The Balaban J connectivity index is 1.96. The molecule has 10 heteroatoms. The second kappa shape index (κ2) is 11.4. The highest BCUT2D eigenvalue weighted by molar-refractivity contribution is 7.19. The molecule has 0 fully saturated rings. The van der Waals surface area contributed by atoms with Crippen LogP contribution in [0.4, 0.5) is 15.3 Å². The first-order valence-electron chi connectivity index (χ1n) is 12.4. The van der Waals surface area contributed by atoms with E-state index >= 15 is 0 Å². The van der Waals surface area contributed by atoms with Gasteiger partial charge < -0.3 is 14.8 Å². The van der Waals surface area contributed by atoms with Gasteiger partial charge >= 0.3 is 12.2 Å². The fourth-order valence-corrected chi connectivity index (χ4v) is 5.00. The lowest BCUT2D eigenvalue weighted by Gasteiger charge is -2.27. The summed E-state index contributed by atoms with van der Waals surface area (Å²) in [6.45, 7) is 15.3. The van der Waals surface area contributed by atoms with E-state index in [1.165, 1.54) is 0 Å². The van der Waals surface area contributed by atoms with Gasteiger partial charge in [0.1, 0.15) is 16.7 Å². The lowest BCUT2D eigenvalue weighted by atomic mass is 10.1. The molecule has 2 amide bonds. The number of carbonyl (C=O) groups excluding carboxylic acids is 2. The molecule has 1 N–H and O–H groups in total. The number of hydrogen-bond donors (Lipinski definition) is 1. The number of thiophene rings is 1. The van der Waals surface area contributed by atoms with Gasteiger partial charge in [0, 0.05) is 29.7 Å². The summed E-state index contributed by atoms with van der Waals surface area (Å²) >= 11 is 1.55. The molecule has 9 nitrogen and oxygen atoms in total. The van der Waals surface area contributed by atoms with Crippen molar-refractivity contribution in [3.8, 4) is 0 Å². The highest BCUT2D eigenvalue weighted by Crippen LogP contribution is 2.37. The van der Waals surface area contributed by atoms with Crippen molar-refractivity contribution >= 4 is 39.4 Å². The average molecular weight is 528 g/mol. The van der Waals surface area contributed by atoms with Gasteiger partial charge in [-0.25, -0.2) is 9.59 Å². The molecule has 0 saturated heterocycles. The second-order valence-electron chi connectivity index (χ2n) is 10.9. The number of rotatable bonds is 7. The molecule has 37 heavy (non-hydrogen) atoms. The number of aryl methyl sites for hydroxylation is 1. The predicted octanol–water partition coefficient (Wildman–Crippen LogP) is 6.18. The number of nitrogens with zero attached hydrogens (tertiary/aromatic N) is 4. The van der Waals surface area contributed by atoms with E-state index in [9.17, 15) is 9.59 Å². The van der Waals surface area contributed by atoms with E-state index in [0.29, 0.717) is 18.7 Å². The zero-order valence-electron chi connectivity index (χ0n) is 22.9. The van der Waals surface area contributed by atoms with Crippen LogP contribution in [-0.2, 0) is 22.4 Å². The van der Waals surface area contributed by atoms with Crippen LogP contribution >= 0.6 is 11.3 Å². The van der Waals surface area contributed by atoms with E-state index in [0.717, 1.165) is 32.6 Å². The van der Waals surface area contributed by atoms with Crippen LogP contribution in [0.1, 0.15) is 70.9 Å². The Morgan fingerprint density at radius 1 is 1.08 bits per heavy atom. The van der Waals surface area contributed by atoms with Crippen LogP contribution < -0.4 is 10.2 Å². The number of pyridine rings is 1. The van der Waals surface area contributed by atoms with Crippen molar-refractivity contribution in [1.82, 2.24) is 20.5 Å². The third kappa shape index (κ3) is 7.85. The zero-order chi connectivity index (χ0) is 27.4. The van der Waals surface area contributed by atoms with Crippen LogP contribution in [0.25, 0.3) is 10.2 Å². The third-order valence-corrected chi connectivity index (χ3v) is 6.75.